The Morgan fingerprint density at radius 3 is 1.24 bits per heavy atom. The number of alkyl halides is 6. The summed E-state index contributed by atoms with van der Waals surface area (Å²) in [6.45, 7) is 10.8. The Morgan fingerprint density at radius 1 is 0.595 bits per heavy atom. The van der Waals surface area contributed by atoms with Crippen molar-refractivity contribution in [1.82, 2.24) is 29.5 Å². The molecule has 37 heavy (non-hydrogen) atoms. The Labute approximate surface area is 209 Å². The number of pyridine rings is 2. The van der Waals surface area contributed by atoms with Gasteiger partial charge in [0.25, 0.3) is 0 Å². The number of nitrogens with zero attached hydrogens (tertiary/aromatic N) is 6. The van der Waals surface area contributed by atoms with Crippen LogP contribution in [0.25, 0.3) is 11.6 Å². The van der Waals surface area contributed by atoms with Crippen LogP contribution in [0.5, 0.6) is 0 Å². The first-order chi connectivity index (χ1) is 17.0. The summed E-state index contributed by atoms with van der Waals surface area (Å²) in [5.41, 5.74) is 0.942. The van der Waals surface area contributed by atoms with E-state index in [4.69, 9.17) is 0 Å². The molecule has 4 aromatic rings. The van der Waals surface area contributed by atoms with Crippen molar-refractivity contribution >= 4 is 0 Å². The van der Waals surface area contributed by atoms with Crippen LogP contribution in [0.3, 0.4) is 0 Å². The van der Waals surface area contributed by atoms with Gasteiger partial charge >= 0.3 is 12.4 Å². The van der Waals surface area contributed by atoms with E-state index in [9.17, 15) is 26.3 Å². The molecule has 4 rings (SSSR count). The topological polar surface area (TPSA) is 61.4 Å². The maximum atomic E-state index is 13.1. The van der Waals surface area contributed by atoms with Crippen LogP contribution >= 0.6 is 0 Å². The lowest BCUT2D eigenvalue weighted by Crippen LogP contribution is -2.25. The number of hydrogen-bond acceptors (Lipinski definition) is 4. The Hall–Kier alpha value is -3.70. The fourth-order valence-corrected chi connectivity index (χ4v) is 3.84. The smallest absolute Gasteiger partial charge is 0.232 e. The van der Waals surface area contributed by atoms with E-state index in [1.54, 1.807) is 13.8 Å². The van der Waals surface area contributed by atoms with E-state index in [1.165, 1.54) is 12.4 Å². The lowest BCUT2D eigenvalue weighted by molar-refractivity contribution is -0.142. The molecule has 0 N–H and O–H groups in total. The number of aryl methyl sites for hydroxylation is 2. The molecule has 0 radical (unpaired) electrons. The molecule has 0 aromatic carbocycles. The molecule has 4 heterocycles. The second-order valence-corrected chi connectivity index (χ2v) is 9.46. The van der Waals surface area contributed by atoms with Crippen LogP contribution in [0.1, 0.15) is 58.9 Å². The molecule has 4 aromatic heterocycles. The fraction of sp³-hybridized carbons (Fsp3) is 0.360. The lowest BCUT2D eigenvalue weighted by atomic mass is 9.83. The quantitative estimate of drug-likeness (QED) is 0.289. The molecule has 12 heteroatoms. The fourth-order valence-electron chi connectivity index (χ4n) is 3.84. The average Bonchev–Trinajstić information content (AvgIpc) is 3.47. The van der Waals surface area contributed by atoms with Crippen LogP contribution in [0, 0.1) is 27.7 Å². The minimum absolute atomic E-state index is 0.240. The number of aromatic nitrogens is 6. The van der Waals surface area contributed by atoms with E-state index in [2.05, 4.69) is 20.2 Å². The summed E-state index contributed by atoms with van der Waals surface area (Å²) >= 11 is 0. The van der Waals surface area contributed by atoms with Crippen LogP contribution < -0.4 is 0 Å². The van der Waals surface area contributed by atoms with Crippen molar-refractivity contribution < 1.29 is 26.3 Å². The summed E-state index contributed by atoms with van der Waals surface area (Å²) in [6, 6.07) is 5.40. The third-order valence-corrected chi connectivity index (χ3v) is 6.49. The summed E-state index contributed by atoms with van der Waals surface area (Å²) in [7, 11) is 0. The number of rotatable bonds is 4. The van der Waals surface area contributed by atoms with Gasteiger partial charge < -0.3 is 0 Å². The zero-order valence-electron chi connectivity index (χ0n) is 20.9. The van der Waals surface area contributed by atoms with E-state index in [0.717, 1.165) is 32.6 Å². The molecule has 0 aliphatic rings. The van der Waals surface area contributed by atoms with Gasteiger partial charge in [-0.15, -0.1) is 0 Å². The highest BCUT2D eigenvalue weighted by atomic mass is 19.4. The summed E-state index contributed by atoms with van der Waals surface area (Å²) in [6.07, 6.45) is -6.78. The van der Waals surface area contributed by atoms with Gasteiger partial charge in [0.2, 0.25) is 0 Å². The van der Waals surface area contributed by atoms with Crippen molar-refractivity contribution in [2.75, 3.05) is 0 Å². The van der Waals surface area contributed by atoms with Gasteiger partial charge in [0, 0.05) is 17.8 Å². The molecule has 0 aliphatic heterocycles. The van der Waals surface area contributed by atoms with Crippen LogP contribution in [0.15, 0.2) is 36.7 Å². The Bertz CT molecular complexity index is 1370. The van der Waals surface area contributed by atoms with Crippen molar-refractivity contribution in [3.63, 3.8) is 0 Å². The summed E-state index contributed by atoms with van der Waals surface area (Å²) in [5, 5.41) is 7.32. The zero-order chi connectivity index (χ0) is 27.5. The van der Waals surface area contributed by atoms with Gasteiger partial charge in [0.05, 0.1) is 11.4 Å². The van der Waals surface area contributed by atoms with Gasteiger partial charge in [-0.1, -0.05) is 0 Å². The molecule has 0 atom stereocenters. The molecular formula is C25H24F6N6. The Morgan fingerprint density at radius 2 is 0.946 bits per heavy atom. The maximum absolute atomic E-state index is 13.1. The summed E-state index contributed by atoms with van der Waals surface area (Å²) in [4.78, 5) is 9.32. The molecule has 0 unspecified atom stereocenters. The molecular weight excluding hydrogens is 498 g/mol. The van der Waals surface area contributed by atoms with Gasteiger partial charge in [-0.05, 0) is 88.1 Å². The van der Waals surface area contributed by atoms with E-state index in [0.29, 0.717) is 22.5 Å². The summed E-state index contributed by atoms with van der Waals surface area (Å²) < 4.78 is 80.9. The Kier molecular flexibility index (Phi) is 6.20. The highest BCUT2D eigenvalue weighted by Gasteiger charge is 2.35. The first kappa shape index (κ1) is 26.4. The van der Waals surface area contributed by atoms with Crippen molar-refractivity contribution in [1.29, 1.82) is 0 Å². The predicted octanol–water partition coefficient (Wildman–Crippen LogP) is 6.45. The van der Waals surface area contributed by atoms with Crippen molar-refractivity contribution in [3.05, 3.63) is 81.7 Å². The molecule has 0 aliphatic carbocycles. The lowest BCUT2D eigenvalue weighted by Gasteiger charge is -2.27. The largest absolute Gasteiger partial charge is 0.435 e. The predicted molar refractivity (Wildman–Crippen MR) is 124 cm³/mol. The molecule has 0 saturated carbocycles. The van der Waals surface area contributed by atoms with Crippen molar-refractivity contribution in [2.24, 2.45) is 0 Å². The molecule has 196 valence electrons. The van der Waals surface area contributed by atoms with E-state index in [-0.39, 0.29) is 11.6 Å². The first-order valence-electron chi connectivity index (χ1n) is 11.2. The van der Waals surface area contributed by atoms with E-state index in [1.807, 2.05) is 39.8 Å². The standard InChI is InChI=1S/C25H24F6N6/c1-13-11-19(32-21(15(13)3)36-9-7-17(34-36)24(26,27)28)23(5,6)20-12-14(2)16(4)22(33-20)37-10-8-18(35-37)25(29,30)31/h7-12H,1-6H3. The van der Waals surface area contributed by atoms with Gasteiger partial charge in [-0.2, -0.15) is 36.5 Å². The van der Waals surface area contributed by atoms with Crippen LogP contribution in [0.4, 0.5) is 26.3 Å². The molecule has 6 nitrogen and oxygen atoms in total. The van der Waals surface area contributed by atoms with Crippen LogP contribution in [0.2, 0.25) is 0 Å². The monoisotopic (exact) mass is 522 g/mol. The second-order valence-electron chi connectivity index (χ2n) is 9.46. The first-order valence-corrected chi connectivity index (χ1v) is 11.2. The highest BCUT2D eigenvalue weighted by Crippen LogP contribution is 2.35. The third kappa shape index (κ3) is 4.84. The van der Waals surface area contributed by atoms with Gasteiger partial charge in [-0.25, -0.2) is 19.3 Å². The molecule has 0 spiro atoms. The van der Waals surface area contributed by atoms with Gasteiger partial charge in [0.15, 0.2) is 23.0 Å². The highest BCUT2D eigenvalue weighted by molar-refractivity contribution is 5.47. The third-order valence-electron chi connectivity index (χ3n) is 6.49. The minimum Gasteiger partial charge on any atom is -0.232 e. The van der Waals surface area contributed by atoms with Crippen molar-refractivity contribution in [3.8, 4) is 11.6 Å². The van der Waals surface area contributed by atoms with Crippen LogP contribution in [-0.2, 0) is 17.8 Å². The SMILES string of the molecule is Cc1cc(C(C)(C)c2cc(C)c(C)c(-n3ccc(C(F)(F)F)n3)n2)nc(-n2ccc(C(F)(F)F)n2)c1C. The van der Waals surface area contributed by atoms with E-state index >= 15 is 0 Å². The minimum atomic E-state index is -4.59. The van der Waals surface area contributed by atoms with Crippen LogP contribution in [-0.4, -0.2) is 29.5 Å². The molecule has 0 fully saturated rings. The van der Waals surface area contributed by atoms with Gasteiger partial charge in [0.1, 0.15) is 0 Å². The normalized spacial score (nSPS) is 12.9. The zero-order valence-corrected chi connectivity index (χ0v) is 20.9. The average molecular weight is 522 g/mol. The second kappa shape index (κ2) is 8.70. The number of hydrogen-bond donors (Lipinski definition) is 0. The van der Waals surface area contributed by atoms with E-state index < -0.39 is 29.2 Å². The maximum Gasteiger partial charge on any atom is 0.435 e. The summed E-state index contributed by atoms with van der Waals surface area (Å²) in [5.74, 6) is 0.481. The molecule has 0 saturated heterocycles. The number of halogens is 6. The molecule has 0 amide bonds. The van der Waals surface area contributed by atoms with Gasteiger partial charge in [-0.3, -0.25) is 0 Å². The van der Waals surface area contributed by atoms with Crippen molar-refractivity contribution in [2.45, 2.75) is 59.3 Å². The molecule has 0 bridgehead atoms. The Balaban J connectivity index is 1.83.